The number of aromatic nitrogens is 2. The normalized spacial score (nSPS) is 21.6. The van der Waals surface area contributed by atoms with Crippen LogP contribution in [0.15, 0.2) is 45.2 Å². The summed E-state index contributed by atoms with van der Waals surface area (Å²) in [4.78, 5) is 28.9. The molecule has 9 nitrogen and oxygen atoms in total. The van der Waals surface area contributed by atoms with Crippen molar-refractivity contribution in [2.45, 2.75) is 37.0 Å². The van der Waals surface area contributed by atoms with Crippen LogP contribution >= 0.6 is 0 Å². The number of ether oxygens (including phenoxy) is 2. The summed E-state index contributed by atoms with van der Waals surface area (Å²) in [6.07, 6.45) is 1.02. The van der Waals surface area contributed by atoms with Crippen LogP contribution in [0.1, 0.15) is 18.2 Å². The second kappa shape index (κ2) is 8.45. The first kappa shape index (κ1) is 19.3. The molecule has 1 fully saturated rings. The van der Waals surface area contributed by atoms with E-state index in [0.717, 1.165) is 5.75 Å². The van der Waals surface area contributed by atoms with Crippen LogP contribution in [-0.2, 0) is 4.74 Å². The molecular formula is C17H19N5O4Se. The van der Waals surface area contributed by atoms with E-state index in [9.17, 15) is 9.59 Å². The number of nitrogens with one attached hydrogen (secondary N) is 1. The fourth-order valence-electron chi connectivity index (χ4n) is 2.87. The van der Waals surface area contributed by atoms with E-state index in [-0.39, 0.29) is 27.1 Å². The molecule has 1 aliphatic heterocycles. The summed E-state index contributed by atoms with van der Waals surface area (Å²) < 4.78 is 13.7. The van der Waals surface area contributed by atoms with Crippen LogP contribution in [0.5, 0.6) is 5.75 Å². The molecule has 1 aromatic heterocycles. The molecule has 0 saturated carbocycles. The van der Waals surface area contributed by atoms with Gasteiger partial charge in [0.15, 0.2) is 0 Å². The number of methoxy groups -OCH3 is 1. The van der Waals surface area contributed by atoms with E-state index in [0.29, 0.717) is 17.3 Å². The SMILES string of the molecule is COc1ccc([Se]C[C@H]2O[C@@H](n3cc(C)c(=O)[nH]c3=O)C[C@@H]2N=[N+]=[N-])cc1. The number of H-pyrrole nitrogens is 1. The van der Waals surface area contributed by atoms with Crippen molar-refractivity contribution in [2.24, 2.45) is 5.11 Å². The van der Waals surface area contributed by atoms with Crippen LogP contribution in [0.3, 0.4) is 0 Å². The molecule has 1 aliphatic rings. The zero-order valence-electron chi connectivity index (χ0n) is 14.9. The second-order valence-electron chi connectivity index (χ2n) is 6.10. The van der Waals surface area contributed by atoms with Gasteiger partial charge in [0, 0.05) is 0 Å². The monoisotopic (exact) mass is 437 g/mol. The Bertz CT molecular complexity index is 965. The number of benzene rings is 1. The Morgan fingerprint density at radius 3 is 2.81 bits per heavy atom. The molecular weight excluding hydrogens is 417 g/mol. The summed E-state index contributed by atoms with van der Waals surface area (Å²) in [6.45, 7) is 1.62. The summed E-state index contributed by atoms with van der Waals surface area (Å²) >= 11 is 0.112. The van der Waals surface area contributed by atoms with E-state index in [1.54, 1.807) is 14.0 Å². The predicted octanol–water partition coefficient (Wildman–Crippen LogP) is 1.27. The van der Waals surface area contributed by atoms with Gasteiger partial charge in [-0.05, 0) is 0 Å². The van der Waals surface area contributed by atoms with Gasteiger partial charge in [0.25, 0.3) is 0 Å². The van der Waals surface area contributed by atoms with Crippen molar-refractivity contribution < 1.29 is 9.47 Å². The minimum atomic E-state index is -0.569. The molecule has 10 heteroatoms. The fraction of sp³-hybridized carbons (Fsp3) is 0.412. The quantitative estimate of drug-likeness (QED) is 0.317. The van der Waals surface area contributed by atoms with E-state index >= 15 is 0 Å². The number of hydrogen-bond acceptors (Lipinski definition) is 5. The number of azide groups is 1. The van der Waals surface area contributed by atoms with Crippen molar-refractivity contribution in [1.82, 2.24) is 9.55 Å². The van der Waals surface area contributed by atoms with Crippen molar-refractivity contribution in [3.8, 4) is 5.75 Å². The maximum absolute atomic E-state index is 12.1. The predicted molar refractivity (Wildman–Crippen MR) is 101 cm³/mol. The van der Waals surface area contributed by atoms with E-state index in [1.807, 2.05) is 24.3 Å². The van der Waals surface area contributed by atoms with Gasteiger partial charge in [0.1, 0.15) is 0 Å². The van der Waals surface area contributed by atoms with Crippen molar-refractivity contribution in [2.75, 3.05) is 7.11 Å². The van der Waals surface area contributed by atoms with Gasteiger partial charge in [-0.25, -0.2) is 0 Å². The molecule has 1 saturated heterocycles. The zero-order chi connectivity index (χ0) is 19.4. The number of hydrogen-bond donors (Lipinski definition) is 1. The molecule has 27 heavy (non-hydrogen) atoms. The van der Waals surface area contributed by atoms with E-state index < -0.39 is 17.5 Å². The number of aromatic amines is 1. The molecule has 2 aromatic rings. The average Bonchev–Trinajstić information content (AvgIpc) is 3.06. The Labute approximate surface area is 161 Å². The molecule has 3 rings (SSSR count). The summed E-state index contributed by atoms with van der Waals surface area (Å²) in [5.41, 5.74) is 8.33. The van der Waals surface area contributed by atoms with Gasteiger partial charge >= 0.3 is 161 Å². The van der Waals surface area contributed by atoms with Gasteiger partial charge in [0.2, 0.25) is 0 Å². The summed E-state index contributed by atoms with van der Waals surface area (Å²) in [5, 5.41) is 4.55. The third kappa shape index (κ3) is 4.43. The van der Waals surface area contributed by atoms with Crippen LogP contribution in [0.4, 0.5) is 0 Å². The molecule has 0 spiro atoms. The minimum absolute atomic E-state index is 0.112. The van der Waals surface area contributed by atoms with Crippen molar-refractivity contribution in [3.05, 3.63) is 67.3 Å². The fourth-order valence-corrected chi connectivity index (χ4v) is 4.94. The molecule has 142 valence electrons. The molecule has 1 N–H and O–H groups in total. The first-order chi connectivity index (χ1) is 13.0. The van der Waals surface area contributed by atoms with Gasteiger partial charge in [-0.15, -0.1) is 0 Å². The Hall–Kier alpha value is -2.51. The van der Waals surface area contributed by atoms with Crippen molar-refractivity contribution >= 4 is 19.4 Å². The van der Waals surface area contributed by atoms with Crippen LogP contribution < -0.4 is 20.4 Å². The zero-order valence-corrected chi connectivity index (χ0v) is 16.6. The number of rotatable bonds is 6. The standard InChI is InChI=1S/C17H19N5O4Se/c1-10-8-22(17(24)19-16(10)23)15-7-13(20-21-18)14(26-15)9-27-12-5-3-11(25-2)4-6-12/h3-6,8,13-15H,7,9H2,1-2H3,(H,19,23,24)/t13-,14+,15+/m0/s1. The first-order valence-corrected chi connectivity index (χ1v) is 10.4. The Balaban J connectivity index is 1.74. The number of nitrogens with zero attached hydrogens (tertiary/aromatic N) is 4. The molecule has 1 aromatic carbocycles. The van der Waals surface area contributed by atoms with Gasteiger partial charge in [-0.1, -0.05) is 0 Å². The Morgan fingerprint density at radius 1 is 1.41 bits per heavy atom. The summed E-state index contributed by atoms with van der Waals surface area (Å²) in [7, 11) is 1.62. The first-order valence-electron chi connectivity index (χ1n) is 8.30. The van der Waals surface area contributed by atoms with Gasteiger partial charge in [-0.3, -0.25) is 0 Å². The van der Waals surface area contributed by atoms with E-state index in [4.69, 9.17) is 15.0 Å². The van der Waals surface area contributed by atoms with Crippen molar-refractivity contribution in [3.63, 3.8) is 0 Å². The number of aryl methyl sites for hydroxylation is 1. The molecule has 0 bridgehead atoms. The molecule has 0 radical (unpaired) electrons. The van der Waals surface area contributed by atoms with Gasteiger partial charge < -0.3 is 0 Å². The molecule has 2 heterocycles. The van der Waals surface area contributed by atoms with E-state index in [1.165, 1.54) is 15.2 Å². The van der Waals surface area contributed by atoms with Crippen LogP contribution in [-0.4, -0.2) is 43.8 Å². The van der Waals surface area contributed by atoms with E-state index in [2.05, 4.69) is 15.0 Å². The van der Waals surface area contributed by atoms with Crippen LogP contribution in [0.2, 0.25) is 5.32 Å². The Morgan fingerprint density at radius 2 is 2.15 bits per heavy atom. The van der Waals surface area contributed by atoms with Crippen LogP contribution in [0.25, 0.3) is 10.4 Å². The van der Waals surface area contributed by atoms with Gasteiger partial charge in [0.05, 0.1) is 0 Å². The molecule has 0 unspecified atom stereocenters. The summed E-state index contributed by atoms with van der Waals surface area (Å²) in [5.74, 6) is 0.798. The molecule has 0 amide bonds. The maximum atomic E-state index is 12.1. The van der Waals surface area contributed by atoms with Crippen molar-refractivity contribution in [1.29, 1.82) is 0 Å². The average molecular weight is 436 g/mol. The topological polar surface area (TPSA) is 122 Å². The van der Waals surface area contributed by atoms with Crippen LogP contribution in [0, 0.1) is 6.92 Å². The third-order valence-electron chi connectivity index (χ3n) is 4.33. The molecule has 3 atom stereocenters. The van der Waals surface area contributed by atoms with Gasteiger partial charge in [-0.2, -0.15) is 0 Å². The summed E-state index contributed by atoms with van der Waals surface area (Å²) in [6, 6.07) is 7.46. The third-order valence-corrected chi connectivity index (χ3v) is 6.64. The Kier molecular flexibility index (Phi) is 6.03. The molecule has 0 aliphatic carbocycles. The second-order valence-corrected chi connectivity index (χ2v) is 8.40.